The van der Waals surface area contributed by atoms with Gasteiger partial charge < -0.3 is 14.4 Å². The molecule has 0 aliphatic carbocycles. The molecule has 0 aliphatic heterocycles. The zero-order chi connectivity index (χ0) is 17.0. The van der Waals surface area contributed by atoms with Gasteiger partial charge in [0.1, 0.15) is 0 Å². The van der Waals surface area contributed by atoms with Gasteiger partial charge in [0.25, 0.3) is 0 Å². The summed E-state index contributed by atoms with van der Waals surface area (Å²) in [6, 6.07) is 7.67. The monoisotopic (exact) mass is 318 g/mol. The fraction of sp³-hybridized carbons (Fsp3) is 0.412. The summed E-state index contributed by atoms with van der Waals surface area (Å²) < 4.78 is 11.5. The number of hydrogen-bond acceptors (Lipinski definition) is 5. The Labute approximate surface area is 135 Å². The predicted molar refractivity (Wildman–Crippen MR) is 87.3 cm³/mol. The van der Waals surface area contributed by atoms with E-state index in [0.29, 0.717) is 0 Å². The van der Waals surface area contributed by atoms with Gasteiger partial charge in [-0.1, -0.05) is 18.2 Å². The Bertz CT molecular complexity index is 706. The minimum absolute atomic E-state index is 0.491. The Kier molecular flexibility index (Phi) is 5.39. The summed E-state index contributed by atoms with van der Waals surface area (Å²) in [7, 11) is 4.02. The summed E-state index contributed by atoms with van der Waals surface area (Å²) in [5.74, 6) is -0.491. The van der Waals surface area contributed by atoms with Crippen LogP contribution < -0.4 is 0 Å². The van der Waals surface area contributed by atoms with E-state index < -0.39 is 18.4 Å². The molecule has 6 nitrogen and oxygen atoms in total. The molecule has 0 N–H and O–H groups in total. The molecule has 0 spiro atoms. The second-order valence-corrected chi connectivity index (χ2v) is 5.66. The Morgan fingerprint density at radius 1 is 1.22 bits per heavy atom. The normalized spacial score (nSPS) is 12.4. The lowest BCUT2D eigenvalue weighted by molar-refractivity contribution is -0.161. The number of nitrogens with zero attached hydrogens (tertiary/aromatic N) is 2. The van der Waals surface area contributed by atoms with E-state index in [1.165, 1.54) is 18.4 Å². The first-order valence-electron chi connectivity index (χ1n) is 7.50. The van der Waals surface area contributed by atoms with Gasteiger partial charge >= 0.3 is 12.1 Å². The third kappa shape index (κ3) is 4.32. The van der Waals surface area contributed by atoms with E-state index in [1.54, 1.807) is 6.20 Å². The summed E-state index contributed by atoms with van der Waals surface area (Å²) in [5, 5.41) is 1.02. The van der Waals surface area contributed by atoms with Crippen molar-refractivity contribution in [3.63, 3.8) is 0 Å². The molecule has 1 aromatic heterocycles. The van der Waals surface area contributed by atoms with Crippen LogP contribution in [-0.2, 0) is 20.7 Å². The molecule has 2 rings (SSSR count). The molecule has 0 aliphatic rings. The first-order chi connectivity index (χ1) is 10.9. The third-order valence-corrected chi connectivity index (χ3v) is 3.42. The maximum absolute atomic E-state index is 12.3. The van der Waals surface area contributed by atoms with E-state index in [9.17, 15) is 9.59 Å². The van der Waals surface area contributed by atoms with E-state index in [2.05, 4.69) is 4.90 Å². The Morgan fingerprint density at radius 3 is 2.57 bits per heavy atom. The van der Waals surface area contributed by atoms with Gasteiger partial charge in [0.05, 0.1) is 5.52 Å². The van der Waals surface area contributed by atoms with Crippen molar-refractivity contribution in [3.05, 3.63) is 36.0 Å². The van der Waals surface area contributed by atoms with Crippen LogP contribution in [0.4, 0.5) is 4.79 Å². The maximum Gasteiger partial charge on any atom is 0.421 e. The van der Waals surface area contributed by atoms with Crippen LogP contribution in [0.25, 0.3) is 10.9 Å². The van der Waals surface area contributed by atoms with Gasteiger partial charge in [-0.15, -0.1) is 0 Å². The number of benzene rings is 1. The lowest BCUT2D eigenvalue weighted by Gasteiger charge is -2.13. The third-order valence-electron chi connectivity index (χ3n) is 3.42. The number of likely N-dealkylation sites (N-methyl/N-ethyl adjacent to an activating group) is 1. The van der Waals surface area contributed by atoms with Gasteiger partial charge in [-0.25, -0.2) is 4.79 Å². The van der Waals surface area contributed by atoms with Crippen molar-refractivity contribution in [1.82, 2.24) is 9.47 Å². The Hall–Kier alpha value is -2.34. The zero-order valence-corrected chi connectivity index (χ0v) is 13.9. The number of rotatable bonds is 5. The molecule has 0 fully saturated rings. The van der Waals surface area contributed by atoms with Crippen LogP contribution in [-0.4, -0.2) is 48.5 Å². The van der Waals surface area contributed by atoms with Crippen molar-refractivity contribution in [3.8, 4) is 0 Å². The Balaban J connectivity index is 2.26. The van der Waals surface area contributed by atoms with Gasteiger partial charge in [0.15, 0.2) is 0 Å². The van der Waals surface area contributed by atoms with E-state index in [-0.39, 0.29) is 0 Å². The fourth-order valence-electron chi connectivity index (χ4n) is 2.40. The molecule has 0 saturated carbocycles. The number of esters is 1. The molecule has 0 saturated heterocycles. The van der Waals surface area contributed by atoms with Crippen molar-refractivity contribution in [2.24, 2.45) is 0 Å². The highest BCUT2D eigenvalue weighted by Crippen LogP contribution is 2.22. The predicted octanol–water partition coefficient (Wildman–Crippen LogP) is 2.64. The van der Waals surface area contributed by atoms with Crippen LogP contribution in [0, 0.1) is 0 Å². The van der Waals surface area contributed by atoms with Crippen LogP contribution in [0.5, 0.6) is 0 Å². The van der Waals surface area contributed by atoms with E-state index in [0.717, 1.165) is 29.4 Å². The molecule has 1 heterocycles. The van der Waals surface area contributed by atoms with Gasteiger partial charge in [0.2, 0.25) is 6.29 Å². The lowest BCUT2D eigenvalue weighted by atomic mass is 10.1. The number of fused-ring (bicyclic) bond motifs is 1. The maximum atomic E-state index is 12.3. The van der Waals surface area contributed by atoms with Crippen LogP contribution in [0.2, 0.25) is 0 Å². The molecule has 1 atom stereocenters. The van der Waals surface area contributed by atoms with Crippen molar-refractivity contribution < 1.29 is 19.1 Å². The molecular formula is C17H22N2O4. The zero-order valence-electron chi connectivity index (χ0n) is 13.9. The SMILES string of the molecule is CC(=O)OC(C)OC(=O)n1cc(CCN(C)C)c2ccccc21. The number of para-hydroxylation sites is 1. The summed E-state index contributed by atoms with van der Waals surface area (Å²) in [4.78, 5) is 25.3. The van der Waals surface area contributed by atoms with Crippen molar-refractivity contribution >= 4 is 23.0 Å². The molecule has 0 amide bonds. The summed E-state index contributed by atoms with van der Waals surface area (Å²) >= 11 is 0. The number of ether oxygens (including phenoxy) is 2. The molecule has 0 radical (unpaired) electrons. The van der Waals surface area contributed by atoms with E-state index >= 15 is 0 Å². The minimum Gasteiger partial charge on any atom is -0.426 e. The van der Waals surface area contributed by atoms with Crippen LogP contribution >= 0.6 is 0 Å². The van der Waals surface area contributed by atoms with Crippen LogP contribution in [0.15, 0.2) is 30.5 Å². The molecule has 0 bridgehead atoms. The van der Waals surface area contributed by atoms with Gasteiger partial charge in [-0.3, -0.25) is 9.36 Å². The first-order valence-corrected chi connectivity index (χ1v) is 7.50. The smallest absolute Gasteiger partial charge is 0.421 e. The molecule has 2 aromatic rings. The number of hydrogen-bond donors (Lipinski definition) is 0. The average molecular weight is 318 g/mol. The molecule has 124 valence electrons. The minimum atomic E-state index is -0.925. The quantitative estimate of drug-likeness (QED) is 0.626. The Morgan fingerprint density at radius 2 is 1.91 bits per heavy atom. The van der Waals surface area contributed by atoms with Crippen molar-refractivity contribution in [1.29, 1.82) is 0 Å². The van der Waals surface area contributed by atoms with Gasteiger partial charge in [-0.05, 0) is 32.1 Å². The number of aromatic nitrogens is 1. The summed E-state index contributed by atoms with van der Waals surface area (Å²) in [6.45, 7) is 3.67. The lowest BCUT2D eigenvalue weighted by Crippen LogP contribution is -2.23. The first kappa shape index (κ1) is 17.0. The van der Waals surface area contributed by atoms with Gasteiger partial charge in [-0.2, -0.15) is 0 Å². The van der Waals surface area contributed by atoms with Crippen LogP contribution in [0.1, 0.15) is 19.4 Å². The summed E-state index contributed by atoms with van der Waals surface area (Å²) in [5.41, 5.74) is 1.85. The standard InChI is InChI=1S/C17H22N2O4/c1-12(20)22-13(2)23-17(21)19-11-14(9-10-18(3)4)15-7-5-6-8-16(15)19/h5-8,11,13H,9-10H2,1-4H3. The number of carbonyl (C=O) groups is 2. The highest BCUT2D eigenvalue weighted by Gasteiger charge is 2.17. The molecule has 6 heteroatoms. The fourth-order valence-corrected chi connectivity index (χ4v) is 2.40. The van der Waals surface area contributed by atoms with Crippen LogP contribution in [0.3, 0.4) is 0 Å². The second-order valence-electron chi connectivity index (χ2n) is 5.66. The molecule has 23 heavy (non-hydrogen) atoms. The topological polar surface area (TPSA) is 60.8 Å². The summed E-state index contributed by atoms with van der Waals surface area (Å²) in [6.07, 6.45) is 1.13. The number of carbonyl (C=O) groups excluding carboxylic acids is 2. The second kappa shape index (κ2) is 7.28. The highest BCUT2D eigenvalue weighted by molar-refractivity contribution is 5.92. The van der Waals surface area contributed by atoms with Crippen molar-refractivity contribution in [2.75, 3.05) is 20.6 Å². The van der Waals surface area contributed by atoms with Gasteiger partial charge in [0, 0.05) is 32.0 Å². The van der Waals surface area contributed by atoms with E-state index in [4.69, 9.17) is 9.47 Å². The average Bonchev–Trinajstić information content (AvgIpc) is 2.83. The highest BCUT2D eigenvalue weighted by atomic mass is 16.7. The van der Waals surface area contributed by atoms with Crippen molar-refractivity contribution in [2.45, 2.75) is 26.6 Å². The molecule has 1 aromatic carbocycles. The molecular weight excluding hydrogens is 296 g/mol. The largest absolute Gasteiger partial charge is 0.426 e. The van der Waals surface area contributed by atoms with E-state index in [1.807, 2.05) is 38.4 Å². The molecule has 1 unspecified atom stereocenters.